The van der Waals surface area contributed by atoms with Crippen molar-refractivity contribution in [1.82, 2.24) is 4.90 Å². The fraction of sp³-hybridized carbons (Fsp3) is 0.263. The second-order valence-electron chi connectivity index (χ2n) is 6.14. The third-order valence-electron chi connectivity index (χ3n) is 4.53. The van der Waals surface area contributed by atoms with Gasteiger partial charge in [0.25, 0.3) is 0 Å². The summed E-state index contributed by atoms with van der Waals surface area (Å²) >= 11 is 1.53. The van der Waals surface area contributed by atoms with Crippen molar-refractivity contribution in [2.24, 2.45) is 0 Å². The third kappa shape index (κ3) is 3.22. The lowest BCUT2D eigenvalue weighted by Gasteiger charge is -2.30. The zero-order chi connectivity index (χ0) is 17.2. The lowest BCUT2D eigenvalue weighted by molar-refractivity contribution is -0.131. The van der Waals surface area contributed by atoms with Crippen LogP contribution in [0, 0.1) is 0 Å². The fourth-order valence-corrected chi connectivity index (χ4v) is 4.15. The number of anilines is 2. The Morgan fingerprint density at radius 2 is 1.92 bits per heavy atom. The normalized spacial score (nSPS) is 16.6. The highest BCUT2D eigenvalue weighted by molar-refractivity contribution is 8.00. The van der Waals surface area contributed by atoms with Gasteiger partial charge in [-0.1, -0.05) is 30.3 Å². The molecule has 2 aliphatic rings. The van der Waals surface area contributed by atoms with Gasteiger partial charge < -0.3 is 15.1 Å². The van der Waals surface area contributed by atoms with Crippen LogP contribution < -0.4 is 10.2 Å². The molecule has 1 N–H and O–H groups in total. The van der Waals surface area contributed by atoms with Crippen molar-refractivity contribution in [3.63, 3.8) is 0 Å². The van der Waals surface area contributed by atoms with Gasteiger partial charge in [-0.25, -0.2) is 0 Å². The maximum absolute atomic E-state index is 12.9. The van der Waals surface area contributed by atoms with E-state index >= 15 is 0 Å². The molecule has 0 unspecified atom stereocenters. The van der Waals surface area contributed by atoms with Gasteiger partial charge in [0, 0.05) is 30.2 Å². The predicted molar refractivity (Wildman–Crippen MR) is 99.9 cm³/mol. The smallest absolute Gasteiger partial charge is 0.243 e. The Hall–Kier alpha value is -2.47. The van der Waals surface area contributed by atoms with E-state index < -0.39 is 0 Å². The van der Waals surface area contributed by atoms with Gasteiger partial charge in [-0.3, -0.25) is 9.59 Å². The van der Waals surface area contributed by atoms with Gasteiger partial charge in [0.15, 0.2) is 0 Å². The van der Waals surface area contributed by atoms with Crippen molar-refractivity contribution in [1.29, 1.82) is 0 Å². The summed E-state index contributed by atoms with van der Waals surface area (Å²) in [6.45, 7) is 2.01. The fourth-order valence-electron chi connectivity index (χ4n) is 3.22. The molecule has 2 amide bonds. The summed E-state index contributed by atoms with van der Waals surface area (Å²) in [6.07, 6.45) is 0. The Morgan fingerprint density at radius 1 is 1.12 bits per heavy atom. The van der Waals surface area contributed by atoms with Crippen LogP contribution in [0.25, 0.3) is 0 Å². The minimum Gasteiger partial charge on any atom is -0.383 e. The summed E-state index contributed by atoms with van der Waals surface area (Å²) < 4.78 is 0. The molecular weight excluding hydrogens is 334 g/mol. The van der Waals surface area contributed by atoms with Gasteiger partial charge in [0.05, 0.1) is 11.4 Å². The number of nitrogens with one attached hydrogen (secondary N) is 1. The quantitative estimate of drug-likeness (QED) is 0.902. The molecule has 0 radical (unpaired) electrons. The molecule has 0 fully saturated rings. The first-order chi connectivity index (χ1) is 12.2. The van der Waals surface area contributed by atoms with Gasteiger partial charge in [-0.2, -0.15) is 0 Å². The number of amides is 2. The van der Waals surface area contributed by atoms with Crippen LogP contribution >= 0.6 is 11.8 Å². The van der Waals surface area contributed by atoms with Crippen LogP contribution in [0.3, 0.4) is 0 Å². The number of hydrogen-bond donors (Lipinski definition) is 1. The number of para-hydroxylation sites is 2. The minimum absolute atomic E-state index is 0.00889. The third-order valence-corrected chi connectivity index (χ3v) is 5.58. The van der Waals surface area contributed by atoms with Crippen LogP contribution in [0.1, 0.15) is 5.56 Å². The van der Waals surface area contributed by atoms with Gasteiger partial charge in [0.1, 0.15) is 6.54 Å². The van der Waals surface area contributed by atoms with E-state index in [1.165, 1.54) is 11.8 Å². The van der Waals surface area contributed by atoms with Crippen molar-refractivity contribution in [3.05, 3.63) is 54.1 Å². The second kappa shape index (κ2) is 6.80. The van der Waals surface area contributed by atoms with Crippen LogP contribution in [-0.4, -0.2) is 42.1 Å². The van der Waals surface area contributed by atoms with Crippen LogP contribution in [0.5, 0.6) is 0 Å². The molecule has 2 aromatic carbocycles. The molecule has 0 spiro atoms. The Balaban J connectivity index is 1.53. The molecule has 0 aromatic heterocycles. The molecule has 0 atom stereocenters. The average molecular weight is 353 g/mol. The van der Waals surface area contributed by atoms with Crippen LogP contribution in [0.2, 0.25) is 0 Å². The molecule has 4 rings (SSSR count). The standard InChI is InChI=1S/C19H19N3O2S/c23-18(21-10-9-20-15-6-2-1-5-14(15)11-21)12-22-16-7-3-4-8-17(16)25-13-19(22)24/h1-8,20H,9-13H2. The average Bonchev–Trinajstić information content (AvgIpc) is 2.86. The zero-order valence-corrected chi connectivity index (χ0v) is 14.6. The molecule has 5 nitrogen and oxygen atoms in total. The molecule has 25 heavy (non-hydrogen) atoms. The van der Waals surface area contributed by atoms with Crippen LogP contribution in [0.15, 0.2) is 53.4 Å². The molecule has 0 aliphatic carbocycles. The number of benzene rings is 2. The molecule has 2 aliphatic heterocycles. The first kappa shape index (κ1) is 16.0. The highest BCUT2D eigenvalue weighted by Crippen LogP contribution is 2.34. The molecule has 0 bridgehead atoms. The molecule has 2 heterocycles. The highest BCUT2D eigenvalue weighted by Gasteiger charge is 2.28. The minimum atomic E-state index is -0.0199. The number of rotatable bonds is 2. The van der Waals surface area contributed by atoms with E-state index in [1.807, 2.05) is 53.4 Å². The van der Waals surface area contributed by atoms with Gasteiger partial charge in [0.2, 0.25) is 11.8 Å². The molecule has 6 heteroatoms. The predicted octanol–water partition coefficient (Wildman–Crippen LogP) is 2.58. The number of carbonyl (C=O) groups is 2. The van der Waals surface area contributed by atoms with E-state index in [2.05, 4.69) is 5.32 Å². The topological polar surface area (TPSA) is 52.7 Å². The zero-order valence-electron chi connectivity index (χ0n) is 13.8. The number of nitrogens with zero attached hydrogens (tertiary/aromatic N) is 2. The molecule has 0 saturated heterocycles. The Bertz CT molecular complexity index is 824. The van der Waals surface area contributed by atoms with E-state index in [0.717, 1.165) is 21.8 Å². The molecule has 0 saturated carbocycles. The molecule has 2 aromatic rings. The van der Waals surface area contributed by atoms with Crippen molar-refractivity contribution in [2.45, 2.75) is 11.4 Å². The first-order valence-electron chi connectivity index (χ1n) is 8.34. The Kier molecular flexibility index (Phi) is 4.36. The lowest BCUT2D eigenvalue weighted by Crippen LogP contribution is -2.45. The number of thioether (sulfide) groups is 1. The number of fused-ring (bicyclic) bond motifs is 2. The van der Waals surface area contributed by atoms with Crippen molar-refractivity contribution >= 4 is 35.0 Å². The van der Waals surface area contributed by atoms with Gasteiger partial charge in [-0.05, 0) is 23.8 Å². The highest BCUT2D eigenvalue weighted by atomic mass is 32.2. The van der Waals surface area contributed by atoms with Crippen LogP contribution in [-0.2, 0) is 16.1 Å². The van der Waals surface area contributed by atoms with Crippen molar-refractivity contribution in [2.75, 3.05) is 35.6 Å². The monoisotopic (exact) mass is 353 g/mol. The number of hydrogen-bond acceptors (Lipinski definition) is 4. The molecular formula is C19H19N3O2S. The summed E-state index contributed by atoms with van der Waals surface area (Å²) in [7, 11) is 0. The Morgan fingerprint density at radius 3 is 2.84 bits per heavy atom. The first-order valence-corrected chi connectivity index (χ1v) is 9.33. The summed E-state index contributed by atoms with van der Waals surface area (Å²) in [6, 6.07) is 15.8. The van der Waals surface area contributed by atoms with E-state index in [0.29, 0.717) is 25.4 Å². The maximum atomic E-state index is 12.9. The lowest BCUT2D eigenvalue weighted by atomic mass is 10.1. The summed E-state index contributed by atoms with van der Waals surface area (Å²) in [4.78, 5) is 29.8. The Labute approximate surface area is 151 Å². The SMILES string of the molecule is O=C(CN1C(=O)CSc2ccccc21)N1CCNc2ccccc2C1. The van der Waals surface area contributed by atoms with E-state index in [9.17, 15) is 9.59 Å². The summed E-state index contributed by atoms with van der Waals surface area (Å²) in [5.74, 6) is 0.355. The summed E-state index contributed by atoms with van der Waals surface area (Å²) in [5.41, 5.74) is 3.02. The maximum Gasteiger partial charge on any atom is 0.243 e. The second-order valence-corrected chi connectivity index (χ2v) is 7.15. The van der Waals surface area contributed by atoms with E-state index in [4.69, 9.17) is 0 Å². The van der Waals surface area contributed by atoms with Gasteiger partial charge in [-0.15, -0.1) is 11.8 Å². The molecule has 128 valence electrons. The van der Waals surface area contributed by atoms with Crippen molar-refractivity contribution in [3.8, 4) is 0 Å². The number of carbonyl (C=O) groups excluding carboxylic acids is 2. The van der Waals surface area contributed by atoms with E-state index in [1.54, 1.807) is 4.90 Å². The van der Waals surface area contributed by atoms with Crippen LogP contribution in [0.4, 0.5) is 11.4 Å². The largest absolute Gasteiger partial charge is 0.383 e. The summed E-state index contributed by atoms with van der Waals surface area (Å²) in [5, 5.41) is 3.36. The van der Waals surface area contributed by atoms with Crippen molar-refractivity contribution < 1.29 is 9.59 Å². The van der Waals surface area contributed by atoms with Gasteiger partial charge >= 0.3 is 0 Å². The van der Waals surface area contributed by atoms with E-state index in [-0.39, 0.29) is 18.4 Å².